The minimum atomic E-state index is -0.682. The van der Waals surface area contributed by atoms with E-state index >= 15 is 0 Å². The van der Waals surface area contributed by atoms with E-state index in [9.17, 15) is 9.90 Å². The molecule has 1 saturated heterocycles. The lowest BCUT2D eigenvalue weighted by molar-refractivity contribution is -0.151. The molecule has 0 aromatic heterocycles. The number of benzene rings is 1. The van der Waals surface area contributed by atoms with E-state index in [0.717, 1.165) is 15.7 Å². The Morgan fingerprint density at radius 2 is 2.06 bits per heavy atom. The van der Waals surface area contributed by atoms with Gasteiger partial charge in [-0.2, -0.15) is 0 Å². The molecule has 0 saturated carbocycles. The summed E-state index contributed by atoms with van der Waals surface area (Å²) in [5, 5.41) is 10.3. The standard InChI is InChI=1S/C13H16ClNO2S/c1-13(17)8-15(9-13)12(16)6-7-18-11-4-2-10(14)3-5-11/h2-5,17H,6-9H2,1H3. The first-order valence-corrected chi connectivity index (χ1v) is 7.21. The summed E-state index contributed by atoms with van der Waals surface area (Å²) >= 11 is 7.44. The Hall–Kier alpha value is -0.710. The SMILES string of the molecule is CC1(O)CN(C(=O)CCSc2ccc(Cl)cc2)C1. The molecule has 1 heterocycles. The van der Waals surface area contributed by atoms with Crippen molar-refractivity contribution in [3.63, 3.8) is 0 Å². The lowest BCUT2D eigenvalue weighted by Crippen LogP contribution is -2.61. The number of likely N-dealkylation sites (tertiary alicyclic amines) is 1. The van der Waals surface area contributed by atoms with Crippen molar-refractivity contribution in [1.82, 2.24) is 4.90 Å². The Bertz CT molecular complexity index is 425. The van der Waals surface area contributed by atoms with Gasteiger partial charge in [0.05, 0.1) is 18.7 Å². The zero-order valence-corrected chi connectivity index (χ0v) is 11.8. The molecule has 1 aromatic carbocycles. The van der Waals surface area contributed by atoms with Gasteiger partial charge in [0.15, 0.2) is 0 Å². The Morgan fingerprint density at radius 1 is 1.44 bits per heavy atom. The summed E-state index contributed by atoms with van der Waals surface area (Å²) in [6, 6.07) is 7.59. The summed E-state index contributed by atoms with van der Waals surface area (Å²) in [4.78, 5) is 14.5. The highest BCUT2D eigenvalue weighted by Crippen LogP contribution is 2.23. The van der Waals surface area contributed by atoms with Crippen molar-refractivity contribution in [3.05, 3.63) is 29.3 Å². The molecule has 0 spiro atoms. The first-order valence-electron chi connectivity index (χ1n) is 5.85. The second kappa shape index (κ2) is 5.51. The van der Waals surface area contributed by atoms with Gasteiger partial charge < -0.3 is 10.0 Å². The largest absolute Gasteiger partial charge is 0.386 e. The molecule has 5 heteroatoms. The van der Waals surface area contributed by atoms with E-state index in [1.54, 1.807) is 23.6 Å². The predicted octanol–water partition coefficient (Wildman–Crippen LogP) is 2.42. The van der Waals surface area contributed by atoms with Crippen LogP contribution in [0.5, 0.6) is 0 Å². The van der Waals surface area contributed by atoms with Gasteiger partial charge in [-0.25, -0.2) is 0 Å². The fourth-order valence-corrected chi connectivity index (χ4v) is 2.86. The van der Waals surface area contributed by atoms with Gasteiger partial charge in [-0.15, -0.1) is 11.8 Å². The van der Waals surface area contributed by atoms with Crippen molar-refractivity contribution >= 4 is 29.3 Å². The number of nitrogens with zero attached hydrogens (tertiary/aromatic N) is 1. The van der Waals surface area contributed by atoms with Crippen LogP contribution in [0, 0.1) is 0 Å². The minimum absolute atomic E-state index is 0.114. The van der Waals surface area contributed by atoms with Crippen molar-refractivity contribution in [2.75, 3.05) is 18.8 Å². The molecule has 18 heavy (non-hydrogen) atoms. The molecular formula is C13H16ClNO2S. The topological polar surface area (TPSA) is 40.5 Å². The van der Waals surface area contributed by atoms with Crippen LogP contribution in [-0.4, -0.2) is 40.4 Å². The third kappa shape index (κ3) is 3.64. The molecule has 0 atom stereocenters. The number of halogens is 1. The van der Waals surface area contributed by atoms with Crippen LogP contribution >= 0.6 is 23.4 Å². The molecule has 2 rings (SSSR count). The molecule has 1 aliphatic heterocycles. The number of carbonyl (C=O) groups is 1. The molecule has 1 N–H and O–H groups in total. The van der Waals surface area contributed by atoms with Gasteiger partial charge in [-0.3, -0.25) is 4.79 Å². The van der Waals surface area contributed by atoms with Crippen molar-refractivity contribution in [2.45, 2.75) is 23.8 Å². The highest BCUT2D eigenvalue weighted by molar-refractivity contribution is 7.99. The Labute approximate surface area is 116 Å². The van der Waals surface area contributed by atoms with E-state index in [-0.39, 0.29) is 5.91 Å². The highest BCUT2D eigenvalue weighted by Gasteiger charge is 2.38. The molecule has 1 aromatic rings. The number of rotatable bonds is 4. The molecule has 98 valence electrons. The maximum Gasteiger partial charge on any atom is 0.223 e. The molecule has 0 aliphatic carbocycles. The van der Waals surface area contributed by atoms with Crippen LogP contribution in [0.1, 0.15) is 13.3 Å². The lowest BCUT2D eigenvalue weighted by atomic mass is 9.97. The normalized spacial score (nSPS) is 17.4. The maximum absolute atomic E-state index is 11.7. The van der Waals surface area contributed by atoms with Crippen LogP contribution in [0.25, 0.3) is 0 Å². The molecule has 0 bridgehead atoms. The van der Waals surface area contributed by atoms with Gasteiger partial charge in [-0.1, -0.05) is 11.6 Å². The van der Waals surface area contributed by atoms with Gasteiger partial charge in [0.25, 0.3) is 0 Å². The van der Waals surface area contributed by atoms with E-state index in [4.69, 9.17) is 11.6 Å². The van der Waals surface area contributed by atoms with E-state index in [0.29, 0.717) is 19.5 Å². The Morgan fingerprint density at radius 3 is 2.61 bits per heavy atom. The monoisotopic (exact) mass is 285 g/mol. The first kappa shape index (κ1) is 13.7. The summed E-state index contributed by atoms with van der Waals surface area (Å²) in [7, 11) is 0. The Kier molecular flexibility index (Phi) is 4.20. The minimum Gasteiger partial charge on any atom is -0.386 e. The molecular weight excluding hydrogens is 270 g/mol. The maximum atomic E-state index is 11.7. The van der Waals surface area contributed by atoms with E-state index in [2.05, 4.69) is 0 Å². The predicted molar refractivity (Wildman–Crippen MR) is 74.0 cm³/mol. The van der Waals surface area contributed by atoms with Crippen LogP contribution in [-0.2, 0) is 4.79 Å². The lowest BCUT2D eigenvalue weighted by Gasteiger charge is -2.44. The van der Waals surface area contributed by atoms with Gasteiger partial charge in [-0.05, 0) is 31.2 Å². The molecule has 0 unspecified atom stereocenters. The quantitative estimate of drug-likeness (QED) is 0.864. The number of carbonyl (C=O) groups excluding carboxylic acids is 1. The summed E-state index contributed by atoms with van der Waals surface area (Å²) < 4.78 is 0. The molecule has 1 aliphatic rings. The van der Waals surface area contributed by atoms with Crippen molar-refractivity contribution < 1.29 is 9.90 Å². The van der Waals surface area contributed by atoms with Gasteiger partial charge in [0, 0.05) is 22.1 Å². The average Bonchev–Trinajstić information content (AvgIpc) is 2.28. The summed E-state index contributed by atoms with van der Waals surface area (Å²) in [6.45, 7) is 2.66. The van der Waals surface area contributed by atoms with Crippen molar-refractivity contribution in [3.8, 4) is 0 Å². The van der Waals surface area contributed by atoms with E-state index < -0.39 is 5.60 Å². The third-order valence-corrected chi connectivity index (χ3v) is 4.08. The summed E-state index contributed by atoms with van der Waals surface area (Å²) in [6.07, 6.45) is 0.503. The summed E-state index contributed by atoms with van der Waals surface area (Å²) in [5.41, 5.74) is -0.682. The number of hydrogen-bond donors (Lipinski definition) is 1. The summed E-state index contributed by atoms with van der Waals surface area (Å²) in [5.74, 6) is 0.863. The van der Waals surface area contributed by atoms with Crippen LogP contribution < -0.4 is 0 Å². The number of amides is 1. The third-order valence-electron chi connectivity index (χ3n) is 2.81. The number of hydrogen-bond acceptors (Lipinski definition) is 3. The Balaban J connectivity index is 1.69. The average molecular weight is 286 g/mol. The van der Waals surface area contributed by atoms with Crippen LogP contribution in [0.4, 0.5) is 0 Å². The fraction of sp³-hybridized carbons (Fsp3) is 0.462. The number of aliphatic hydroxyl groups is 1. The van der Waals surface area contributed by atoms with Gasteiger partial charge in [0.2, 0.25) is 5.91 Å². The second-order valence-corrected chi connectivity index (χ2v) is 6.40. The molecule has 3 nitrogen and oxygen atoms in total. The molecule has 1 amide bonds. The number of thioether (sulfide) groups is 1. The first-order chi connectivity index (χ1) is 8.46. The van der Waals surface area contributed by atoms with Crippen LogP contribution in [0.15, 0.2) is 29.2 Å². The van der Waals surface area contributed by atoms with Crippen molar-refractivity contribution in [2.24, 2.45) is 0 Å². The zero-order valence-electron chi connectivity index (χ0n) is 10.2. The fourth-order valence-electron chi connectivity index (χ4n) is 1.90. The van der Waals surface area contributed by atoms with E-state index in [1.807, 2.05) is 24.3 Å². The zero-order chi connectivity index (χ0) is 13.2. The van der Waals surface area contributed by atoms with Gasteiger partial charge >= 0.3 is 0 Å². The number of β-amino-alcohol motifs (C(OH)–C–C–N with tert-alkyl or cyclic N) is 1. The second-order valence-electron chi connectivity index (χ2n) is 4.80. The van der Waals surface area contributed by atoms with E-state index in [1.165, 1.54) is 0 Å². The molecule has 1 fully saturated rings. The van der Waals surface area contributed by atoms with Gasteiger partial charge in [0.1, 0.15) is 0 Å². The highest BCUT2D eigenvalue weighted by atomic mass is 35.5. The van der Waals surface area contributed by atoms with Crippen molar-refractivity contribution in [1.29, 1.82) is 0 Å². The molecule has 0 radical (unpaired) electrons. The smallest absolute Gasteiger partial charge is 0.223 e. The van der Waals surface area contributed by atoms with Crippen LogP contribution in [0.3, 0.4) is 0 Å². The van der Waals surface area contributed by atoms with Crippen LogP contribution in [0.2, 0.25) is 5.02 Å².